The number of anilines is 2. The number of carbonyl (C=O) groups excluding carboxylic acids is 2. The number of benzene rings is 2. The molecule has 6 heteroatoms. The van der Waals surface area contributed by atoms with Gasteiger partial charge in [-0.3, -0.25) is 9.59 Å². The smallest absolute Gasteiger partial charge is 0.261 e. The van der Waals surface area contributed by atoms with Gasteiger partial charge in [0, 0.05) is 23.7 Å². The van der Waals surface area contributed by atoms with Crippen molar-refractivity contribution in [2.24, 2.45) is 0 Å². The Hall–Kier alpha value is -2.91. The van der Waals surface area contributed by atoms with E-state index >= 15 is 0 Å². The lowest BCUT2D eigenvalue weighted by atomic mass is 9.78. The molecule has 24 heavy (non-hydrogen) atoms. The quantitative estimate of drug-likeness (QED) is 0.374. The predicted molar refractivity (Wildman–Crippen MR) is 97.8 cm³/mol. The summed E-state index contributed by atoms with van der Waals surface area (Å²) in [5, 5.41) is 0. The highest BCUT2D eigenvalue weighted by Crippen LogP contribution is 2.46. The minimum absolute atomic E-state index is 0.153. The van der Waals surface area contributed by atoms with E-state index in [1.54, 1.807) is 19.2 Å². The average molecular weight is 335 g/mol. The second-order valence-electron chi connectivity index (χ2n) is 5.89. The van der Waals surface area contributed by atoms with Crippen LogP contribution in [0.2, 0.25) is 0 Å². The summed E-state index contributed by atoms with van der Waals surface area (Å²) < 4.78 is 0. The SMILES string of the molecule is C=C1c2ccccc2C(=O)c2c(N)c3c(c(N)c21)C(=P)N(C)C3=O. The molecule has 0 fully saturated rings. The van der Waals surface area contributed by atoms with Crippen LogP contribution in [0.25, 0.3) is 5.57 Å². The summed E-state index contributed by atoms with van der Waals surface area (Å²) in [6.45, 7) is 4.11. The van der Waals surface area contributed by atoms with Crippen LogP contribution in [-0.4, -0.2) is 29.1 Å². The third kappa shape index (κ3) is 1.52. The van der Waals surface area contributed by atoms with Crippen LogP contribution in [-0.2, 0) is 0 Å². The molecule has 118 valence electrons. The number of ketones is 1. The van der Waals surface area contributed by atoms with Crippen LogP contribution in [0.5, 0.6) is 0 Å². The van der Waals surface area contributed by atoms with Crippen molar-refractivity contribution in [2.75, 3.05) is 18.5 Å². The summed E-state index contributed by atoms with van der Waals surface area (Å²) in [4.78, 5) is 26.9. The second-order valence-corrected chi connectivity index (χ2v) is 6.37. The minimum Gasteiger partial charge on any atom is -0.398 e. The van der Waals surface area contributed by atoms with E-state index in [1.807, 2.05) is 12.1 Å². The molecule has 5 nitrogen and oxygen atoms in total. The molecule has 0 atom stereocenters. The standard InChI is InChI=1S/C18H14N3O2P/c1-7-8-5-3-4-6-9(8)16(22)11-10(7)14(19)13-12(15(11)20)17(23)21(2)18(13)24/h3-6,24H,1,19-20H2,2H3. The Kier molecular flexibility index (Phi) is 2.78. The highest BCUT2D eigenvalue weighted by Gasteiger charge is 2.40. The molecule has 0 unspecified atom stereocenters. The first-order valence-corrected chi connectivity index (χ1v) is 7.81. The molecule has 1 heterocycles. The van der Waals surface area contributed by atoms with Gasteiger partial charge in [0.2, 0.25) is 0 Å². The molecule has 0 bridgehead atoms. The first kappa shape index (κ1) is 14.7. The number of carbonyl (C=O) groups is 2. The molecule has 4 N–H and O–H groups in total. The fourth-order valence-electron chi connectivity index (χ4n) is 3.46. The van der Waals surface area contributed by atoms with Gasteiger partial charge in [-0.15, -0.1) is 0 Å². The number of amides is 1. The monoisotopic (exact) mass is 335 g/mol. The van der Waals surface area contributed by atoms with E-state index in [2.05, 4.69) is 15.4 Å². The number of rotatable bonds is 0. The van der Waals surface area contributed by atoms with E-state index < -0.39 is 0 Å². The van der Waals surface area contributed by atoms with Crippen molar-refractivity contribution in [3.8, 4) is 0 Å². The summed E-state index contributed by atoms with van der Waals surface area (Å²) in [6.07, 6.45) is 0. The van der Waals surface area contributed by atoms with E-state index in [-0.39, 0.29) is 28.5 Å². The highest BCUT2D eigenvalue weighted by atomic mass is 31.0. The van der Waals surface area contributed by atoms with Gasteiger partial charge in [-0.05, 0) is 11.1 Å². The van der Waals surface area contributed by atoms with Gasteiger partial charge in [0.1, 0.15) is 0 Å². The summed E-state index contributed by atoms with van der Waals surface area (Å²) in [5.74, 6) is -0.530. The summed E-state index contributed by atoms with van der Waals surface area (Å²) in [7, 11) is 5.07. The molecular formula is C18H14N3O2P. The Morgan fingerprint density at radius 1 is 0.958 bits per heavy atom. The molecule has 1 aliphatic heterocycles. The number of hydrogen-bond acceptors (Lipinski definition) is 4. The third-order valence-corrected chi connectivity index (χ3v) is 5.28. The van der Waals surface area contributed by atoms with Gasteiger partial charge in [-0.1, -0.05) is 39.7 Å². The molecule has 0 aromatic heterocycles. The number of hydrogen-bond donors (Lipinski definition) is 2. The number of nitrogens with zero attached hydrogens (tertiary/aromatic N) is 1. The van der Waals surface area contributed by atoms with Crippen molar-refractivity contribution >= 4 is 42.9 Å². The summed E-state index contributed by atoms with van der Waals surface area (Å²) >= 11 is 0. The van der Waals surface area contributed by atoms with Crippen LogP contribution in [0.1, 0.15) is 43.0 Å². The van der Waals surface area contributed by atoms with Gasteiger partial charge < -0.3 is 16.4 Å². The fourth-order valence-corrected chi connectivity index (χ4v) is 3.82. The first-order valence-electron chi connectivity index (χ1n) is 7.31. The lowest BCUT2D eigenvalue weighted by molar-refractivity contribution is 0.0885. The number of fused-ring (bicyclic) bond motifs is 3. The Bertz CT molecular complexity index is 943. The predicted octanol–water partition coefficient (Wildman–Crippen LogP) is 2.16. The minimum atomic E-state index is -0.292. The van der Waals surface area contributed by atoms with E-state index in [0.717, 1.165) is 5.56 Å². The van der Waals surface area contributed by atoms with Crippen LogP contribution in [0.15, 0.2) is 30.8 Å². The summed E-state index contributed by atoms with van der Waals surface area (Å²) in [6, 6.07) is 7.18. The van der Waals surface area contributed by atoms with Gasteiger partial charge in [0.15, 0.2) is 5.78 Å². The van der Waals surface area contributed by atoms with Crippen LogP contribution < -0.4 is 11.5 Å². The molecule has 1 aliphatic carbocycles. The van der Waals surface area contributed by atoms with Gasteiger partial charge >= 0.3 is 0 Å². The molecule has 1 amide bonds. The summed E-state index contributed by atoms with van der Waals surface area (Å²) in [5.41, 5.74) is 17.0. The Labute approximate surface area is 140 Å². The van der Waals surface area contributed by atoms with Crippen molar-refractivity contribution in [2.45, 2.75) is 0 Å². The van der Waals surface area contributed by atoms with Crippen molar-refractivity contribution in [3.63, 3.8) is 0 Å². The zero-order valence-electron chi connectivity index (χ0n) is 12.9. The maximum atomic E-state index is 13.0. The molecule has 0 radical (unpaired) electrons. The van der Waals surface area contributed by atoms with E-state index in [9.17, 15) is 9.59 Å². The van der Waals surface area contributed by atoms with E-state index in [1.165, 1.54) is 4.90 Å². The Morgan fingerprint density at radius 2 is 1.54 bits per heavy atom. The number of nitrogen functional groups attached to an aromatic ring is 2. The molecule has 0 spiro atoms. The molecule has 0 saturated heterocycles. The Morgan fingerprint density at radius 3 is 2.21 bits per heavy atom. The maximum absolute atomic E-state index is 13.0. The van der Waals surface area contributed by atoms with Gasteiger partial charge in [0.25, 0.3) is 5.91 Å². The molecule has 2 aromatic carbocycles. The van der Waals surface area contributed by atoms with Gasteiger partial charge in [0.05, 0.1) is 27.9 Å². The van der Waals surface area contributed by atoms with Gasteiger partial charge in [-0.25, -0.2) is 0 Å². The lowest BCUT2D eigenvalue weighted by Gasteiger charge is -2.25. The van der Waals surface area contributed by atoms with Gasteiger partial charge in [-0.2, -0.15) is 0 Å². The average Bonchev–Trinajstić information content (AvgIpc) is 2.80. The molecular weight excluding hydrogens is 321 g/mol. The second kappa shape index (κ2) is 4.56. The van der Waals surface area contributed by atoms with Crippen LogP contribution in [0, 0.1) is 0 Å². The van der Waals surface area contributed by atoms with Crippen molar-refractivity contribution < 1.29 is 9.59 Å². The van der Waals surface area contributed by atoms with Crippen molar-refractivity contribution in [3.05, 3.63) is 64.2 Å². The largest absolute Gasteiger partial charge is 0.398 e. The normalized spacial score (nSPS) is 15.5. The third-order valence-electron chi connectivity index (χ3n) is 4.69. The van der Waals surface area contributed by atoms with E-state index in [0.29, 0.717) is 33.4 Å². The molecule has 0 saturated carbocycles. The van der Waals surface area contributed by atoms with Crippen LogP contribution >= 0.6 is 8.86 Å². The zero-order valence-corrected chi connectivity index (χ0v) is 13.9. The lowest BCUT2D eigenvalue weighted by Crippen LogP contribution is -2.23. The maximum Gasteiger partial charge on any atom is 0.261 e. The number of nitrogens with two attached hydrogens (primary N) is 2. The van der Waals surface area contributed by atoms with Crippen molar-refractivity contribution in [1.29, 1.82) is 0 Å². The van der Waals surface area contributed by atoms with Crippen LogP contribution in [0.4, 0.5) is 11.4 Å². The zero-order chi connectivity index (χ0) is 17.3. The Balaban J connectivity index is 2.15. The molecule has 4 rings (SSSR count). The molecule has 2 aliphatic rings. The first-order chi connectivity index (χ1) is 11.4. The van der Waals surface area contributed by atoms with E-state index in [4.69, 9.17) is 11.5 Å². The van der Waals surface area contributed by atoms with Crippen molar-refractivity contribution in [1.82, 2.24) is 4.90 Å². The topological polar surface area (TPSA) is 89.4 Å². The van der Waals surface area contributed by atoms with Crippen LogP contribution in [0.3, 0.4) is 0 Å². The fraction of sp³-hybridized carbons (Fsp3) is 0.0556. The highest BCUT2D eigenvalue weighted by molar-refractivity contribution is 7.22. The molecule has 2 aromatic rings.